The second kappa shape index (κ2) is 29.6. The van der Waals surface area contributed by atoms with Gasteiger partial charge in [-0.1, -0.05) is 54.5 Å². The summed E-state index contributed by atoms with van der Waals surface area (Å²) in [5.41, 5.74) is 0.948. The second-order valence-electron chi connectivity index (χ2n) is 7.74. The normalized spacial score (nSPS) is 14.7. The first-order chi connectivity index (χ1) is 18.4. The summed E-state index contributed by atoms with van der Waals surface area (Å²) in [7, 11) is 4.10. The lowest BCUT2D eigenvalue weighted by Crippen LogP contribution is -2.47. The molecule has 1 aromatic rings. The van der Waals surface area contributed by atoms with Crippen LogP contribution in [-0.2, 0) is 11.2 Å². The van der Waals surface area contributed by atoms with Gasteiger partial charge in [-0.3, -0.25) is 9.78 Å². The summed E-state index contributed by atoms with van der Waals surface area (Å²) in [6, 6.07) is 5.74. The van der Waals surface area contributed by atoms with Crippen LogP contribution in [0.5, 0.6) is 0 Å². The number of carbonyl (C=O) groups is 2. The van der Waals surface area contributed by atoms with E-state index in [1.54, 1.807) is 16.0 Å². The molecule has 0 aliphatic carbocycles. The number of piperazine rings is 2. The molecule has 1 N–H and O–H groups in total. The summed E-state index contributed by atoms with van der Waals surface area (Å²) in [5, 5.41) is 7.55. The van der Waals surface area contributed by atoms with Gasteiger partial charge in [-0.2, -0.15) is 0 Å². The SMILES string of the molecule is CC.CC.CC.CCCO.CN1CCN(C(=O)Cl)CC1.CN1CCN(C(=O)OCCc2ccccn2)CC1. The highest BCUT2D eigenvalue weighted by Crippen LogP contribution is 2.03. The number of hydrogen-bond acceptors (Lipinski definition) is 7. The zero-order valence-electron chi connectivity index (χ0n) is 25.6. The molecular formula is C28H56ClN5O4. The molecule has 0 spiro atoms. The Labute approximate surface area is 238 Å². The predicted octanol–water partition coefficient (Wildman–Crippen LogP) is 5.07. The molecule has 3 rings (SSSR count). The van der Waals surface area contributed by atoms with Crippen LogP contribution in [0.3, 0.4) is 0 Å². The van der Waals surface area contributed by atoms with E-state index < -0.39 is 0 Å². The third-order valence-corrected chi connectivity index (χ3v) is 5.29. The summed E-state index contributed by atoms with van der Waals surface area (Å²) in [4.78, 5) is 34.3. The van der Waals surface area contributed by atoms with Crippen LogP contribution >= 0.6 is 11.6 Å². The van der Waals surface area contributed by atoms with E-state index in [1.807, 2.05) is 73.7 Å². The minimum Gasteiger partial charge on any atom is -0.449 e. The van der Waals surface area contributed by atoms with Gasteiger partial charge in [0.2, 0.25) is 0 Å². The molecule has 1 aromatic heterocycles. The van der Waals surface area contributed by atoms with Gasteiger partial charge < -0.3 is 29.4 Å². The molecule has 2 fully saturated rings. The highest BCUT2D eigenvalue weighted by Gasteiger charge is 2.20. The van der Waals surface area contributed by atoms with E-state index in [2.05, 4.69) is 21.8 Å². The molecule has 0 radical (unpaired) electrons. The number of carbonyl (C=O) groups excluding carboxylic acids is 2. The number of rotatable bonds is 4. The molecule has 224 valence electrons. The highest BCUT2D eigenvalue weighted by molar-refractivity contribution is 6.62. The number of aliphatic hydroxyl groups is 1. The maximum Gasteiger partial charge on any atom is 0.409 e. The van der Waals surface area contributed by atoms with E-state index in [9.17, 15) is 9.59 Å². The van der Waals surface area contributed by atoms with Crippen molar-refractivity contribution in [2.45, 2.75) is 61.3 Å². The van der Waals surface area contributed by atoms with Crippen LogP contribution < -0.4 is 0 Å². The fraction of sp³-hybridized carbons (Fsp3) is 0.750. The number of halogens is 1. The van der Waals surface area contributed by atoms with Crippen molar-refractivity contribution in [3.63, 3.8) is 0 Å². The Bertz CT molecular complexity index is 637. The van der Waals surface area contributed by atoms with Crippen LogP contribution in [0.1, 0.15) is 60.6 Å². The molecule has 0 aromatic carbocycles. The highest BCUT2D eigenvalue weighted by atomic mass is 35.5. The van der Waals surface area contributed by atoms with Gasteiger partial charge in [0.25, 0.3) is 0 Å². The number of ether oxygens (including phenoxy) is 1. The maximum atomic E-state index is 11.8. The summed E-state index contributed by atoms with van der Waals surface area (Å²) in [6.07, 6.45) is 3.08. The number of likely N-dealkylation sites (N-methyl/N-ethyl adjacent to an activating group) is 2. The standard InChI is InChI=1S/C13H19N3O2.C6H11ClN2O.C3H8O.3C2H6/c1-15-7-9-16(10-8-15)13(17)18-11-5-12-4-2-3-6-14-12;1-8-2-4-9(5-3-8)6(7)10;1-2-3-4;3*1-2/h2-4,6H,5,7-11H2,1H3;2-5H2,1H3;4H,2-3H2,1H3;3*1-2H3. The molecule has 0 atom stereocenters. The van der Waals surface area contributed by atoms with Crippen LogP contribution in [0.15, 0.2) is 24.4 Å². The van der Waals surface area contributed by atoms with Gasteiger partial charge in [0.05, 0.1) is 6.61 Å². The molecule has 2 aliphatic heterocycles. The lowest BCUT2D eigenvalue weighted by molar-refractivity contribution is 0.0825. The predicted molar refractivity (Wildman–Crippen MR) is 160 cm³/mol. The third kappa shape index (κ3) is 22.1. The Morgan fingerprint density at radius 3 is 1.68 bits per heavy atom. The number of amides is 2. The van der Waals surface area contributed by atoms with Crippen molar-refractivity contribution in [2.75, 3.05) is 79.7 Å². The summed E-state index contributed by atoms with van der Waals surface area (Å²) in [6.45, 7) is 21.3. The molecular weight excluding hydrogens is 506 g/mol. The lowest BCUT2D eigenvalue weighted by atomic mass is 10.3. The van der Waals surface area contributed by atoms with Crippen LogP contribution in [0.2, 0.25) is 0 Å². The monoisotopic (exact) mass is 561 g/mol. The van der Waals surface area contributed by atoms with Crippen LogP contribution in [0, 0.1) is 0 Å². The minimum absolute atomic E-state index is 0.209. The van der Waals surface area contributed by atoms with Gasteiger partial charge in [0.15, 0.2) is 0 Å². The summed E-state index contributed by atoms with van der Waals surface area (Å²) in [5.74, 6) is 0. The van der Waals surface area contributed by atoms with Gasteiger partial charge >= 0.3 is 11.5 Å². The van der Waals surface area contributed by atoms with Gasteiger partial charge in [-0.25, -0.2) is 4.79 Å². The van der Waals surface area contributed by atoms with Gasteiger partial charge in [-0.15, -0.1) is 0 Å². The Morgan fingerprint density at radius 2 is 1.32 bits per heavy atom. The van der Waals surface area contributed by atoms with Crippen LogP contribution in [-0.4, -0.2) is 121 Å². The number of pyridine rings is 1. The van der Waals surface area contributed by atoms with E-state index in [-0.39, 0.29) is 11.5 Å². The molecule has 10 heteroatoms. The van der Waals surface area contributed by atoms with Crippen molar-refractivity contribution < 1.29 is 19.4 Å². The van der Waals surface area contributed by atoms with E-state index in [1.165, 1.54) is 0 Å². The number of aliphatic hydroxyl groups excluding tert-OH is 1. The Kier molecular flexibility index (Phi) is 31.6. The van der Waals surface area contributed by atoms with E-state index in [0.29, 0.717) is 19.6 Å². The van der Waals surface area contributed by atoms with Crippen molar-refractivity contribution in [2.24, 2.45) is 0 Å². The first-order valence-electron chi connectivity index (χ1n) is 14.1. The molecule has 38 heavy (non-hydrogen) atoms. The van der Waals surface area contributed by atoms with Crippen molar-refractivity contribution >= 4 is 23.1 Å². The fourth-order valence-electron chi connectivity index (χ4n) is 2.85. The van der Waals surface area contributed by atoms with Gasteiger partial charge in [-0.05, 0) is 44.2 Å². The van der Waals surface area contributed by atoms with Crippen LogP contribution in [0.25, 0.3) is 0 Å². The first kappa shape index (κ1) is 40.6. The van der Waals surface area contributed by atoms with E-state index in [0.717, 1.165) is 64.5 Å². The zero-order valence-corrected chi connectivity index (χ0v) is 26.3. The quantitative estimate of drug-likeness (QED) is 0.405. The lowest BCUT2D eigenvalue weighted by Gasteiger charge is -2.31. The molecule has 2 amide bonds. The average molecular weight is 562 g/mol. The number of nitrogens with zero attached hydrogens (tertiary/aromatic N) is 5. The van der Waals surface area contributed by atoms with Crippen molar-refractivity contribution in [1.82, 2.24) is 24.6 Å². The minimum atomic E-state index is -0.326. The van der Waals surface area contributed by atoms with Gasteiger partial charge in [0.1, 0.15) is 0 Å². The van der Waals surface area contributed by atoms with E-state index >= 15 is 0 Å². The smallest absolute Gasteiger partial charge is 0.409 e. The largest absolute Gasteiger partial charge is 0.449 e. The van der Waals surface area contributed by atoms with Crippen molar-refractivity contribution in [3.05, 3.63) is 30.1 Å². The molecule has 0 bridgehead atoms. The average Bonchev–Trinajstić information content (AvgIpc) is 2.98. The zero-order chi connectivity index (χ0) is 29.8. The molecule has 0 saturated carbocycles. The van der Waals surface area contributed by atoms with Gasteiger partial charge in [0, 0.05) is 77.3 Å². The molecule has 2 saturated heterocycles. The van der Waals surface area contributed by atoms with Crippen molar-refractivity contribution in [1.29, 1.82) is 0 Å². The van der Waals surface area contributed by atoms with E-state index in [4.69, 9.17) is 21.4 Å². The summed E-state index contributed by atoms with van der Waals surface area (Å²) < 4.78 is 5.25. The third-order valence-electron chi connectivity index (χ3n) is 5.05. The number of aromatic nitrogens is 1. The molecule has 2 aliphatic rings. The van der Waals surface area contributed by atoms with Crippen LogP contribution in [0.4, 0.5) is 9.59 Å². The first-order valence-corrected chi connectivity index (χ1v) is 14.5. The molecule has 9 nitrogen and oxygen atoms in total. The summed E-state index contributed by atoms with van der Waals surface area (Å²) >= 11 is 5.27. The maximum absolute atomic E-state index is 11.8. The fourth-order valence-corrected chi connectivity index (χ4v) is 3.02. The Hall–Kier alpha value is -1.94. The number of hydrogen-bond donors (Lipinski definition) is 1. The molecule has 3 heterocycles. The Balaban J connectivity index is -0.000000518. The molecule has 0 unspecified atom stereocenters. The second-order valence-corrected chi connectivity index (χ2v) is 8.07. The Morgan fingerprint density at radius 1 is 0.868 bits per heavy atom. The topological polar surface area (TPSA) is 89.5 Å². The van der Waals surface area contributed by atoms with Crippen molar-refractivity contribution in [3.8, 4) is 0 Å².